The fourth-order valence-electron chi connectivity index (χ4n) is 7.00. The molecule has 1 heterocycles. The van der Waals surface area contributed by atoms with Gasteiger partial charge in [0.05, 0.1) is 0 Å². The van der Waals surface area contributed by atoms with Gasteiger partial charge in [0.1, 0.15) is 17.3 Å². The van der Waals surface area contributed by atoms with Crippen LogP contribution in [0.15, 0.2) is 12.2 Å². The van der Waals surface area contributed by atoms with Crippen molar-refractivity contribution in [3.63, 3.8) is 0 Å². The highest BCUT2D eigenvalue weighted by atomic mass is 16.6. The van der Waals surface area contributed by atoms with Crippen LogP contribution in [0.3, 0.4) is 0 Å². The fourth-order valence-corrected chi connectivity index (χ4v) is 7.00. The zero-order valence-electron chi connectivity index (χ0n) is 14.9. The number of hydrogen-bond acceptors (Lipinski definition) is 5. The molecule has 0 bridgehead atoms. The van der Waals surface area contributed by atoms with Crippen LogP contribution in [0.2, 0.25) is 0 Å². The van der Waals surface area contributed by atoms with Crippen molar-refractivity contribution in [2.45, 2.75) is 75.8 Å². The van der Waals surface area contributed by atoms with Crippen molar-refractivity contribution >= 4 is 11.8 Å². The van der Waals surface area contributed by atoms with Crippen LogP contribution in [0.1, 0.15) is 52.4 Å². The lowest BCUT2D eigenvalue weighted by Crippen LogP contribution is -2.62. The average molecular weight is 346 g/mol. The number of carbonyl (C=O) groups excluding carboxylic acids is 2. The topological polar surface area (TPSA) is 76.1 Å². The first-order valence-corrected chi connectivity index (χ1v) is 9.62. The highest BCUT2D eigenvalue weighted by Gasteiger charge is 2.77. The molecule has 5 nitrogen and oxygen atoms in total. The molecule has 1 aliphatic heterocycles. The summed E-state index contributed by atoms with van der Waals surface area (Å²) < 4.78 is 11.5. The van der Waals surface area contributed by atoms with Crippen molar-refractivity contribution in [3.8, 4) is 0 Å². The molecule has 8 atom stereocenters. The third kappa shape index (κ3) is 1.81. The standard InChI is InChI=1S/C20H26O5/c1-11(21)24-16-4-3-13-12-5-10-20-17(25-20)15(22)7-9-19(20,23)14(12)6-8-18(13,16)2/h7,9,12-14,16-17,23H,3-6,8,10H2,1-2H3/t12-,13+,14+,16+,17+,18+,19+,20+/m1/s1. The zero-order chi connectivity index (χ0) is 17.6. The summed E-state index contributed by atoms with van der Waals surface area (Å²) in [6.45, 7) is 3.75. The molecule has 5 aliphatic rings. The Morgan fingerprint density at radius 1 is 1.24 bits per heavy atom. The third-order valence-electron chi connectivity index (χ3n) is 8.21. The minimum atomic E-state index is -1.02. The Balaban J connectivity index is 1.47. The van der Waals surface area contributed by atoms with Crippen molar-refractivity contribution in [2.75, 3.05) is 0 Å². The first-order valence-electron chi connectivity index (χ1n) is 9.62. The molecule has 0 unspecified atom stereocenters. The third-order valence-corrected chi connectivity index (χ3v) is 8.21. The van der Waals surface area contributed by atoms with E-state index in [-0.39, 0.29) is 29.2 Å². The first-order chi connectivity index (χ1) is 11.8. The first kappa shape index (κ1) is 16.0. The summed E-state index contributed by atoms with van der Waals surface area (Å²) in [6.07, 6.45) is 8.35. The number of hydrogen-bond donors (Lipinski definition) is 1. The molecule has 0 amide bonds. The molecule has 4 fully saturated rings. The highest BCUT2D eigenvalue weighted by molar-refractivity contribution is 5.98. The molecule has 0 aromatic heterocycles. The van der Waals surface area contributed by atoms with E-state index < -0.39 is 17.3 Å². The summed E-state index contributed by atoms with van der Waals surface area (Å²) in [5.74, 6) is 0.792. The molecule has 5 heteroatoms. The predicted octanol–water partition coefficient (Wildman–Crippen LogP) is 2.16. The Bertz CT molecular complexity index is 686. The largest absolute Gasteiger partial charge is 0.462 e. The molecule has 0 aromatic rings. The maximum absolute atomic E-state index is 12.0. The lowest BCUT2D eigenvalue weighted by atomic mass is 9.49. The van der Waals surface area contributed by atoms with E-state index >= 15 is 0 Å². The van der Waals surface area contributed by atoms with Gasteiger partial charge in [0, 0.05) is 12.3 Å². The zero-order valence-corrected chi connectivity index (χ0v) is 14.9. The van der Waals surface area contributed by atoms with Gasteiger partial charge in [0.25, 0.3) is 0 Å². The van der Waals surface area contributed by atoms with Gasteiger partial charge in [-0.2, -0.15) is 0 Å². The summed E-state index contributed by atoms with van der Waals surface area (Å²) in [4.78, 5) is 23.5. The van der Waals surface area contributed by atoms with Gasteiger partial charge in [-0.15, -0.1) is 0 Å². The second kappa shape index (κ2) is 4.74. The van der Waals surface area contributed by atoms with Crippen molar-refractivity contribution in [1.82, 2.24) is 0 Å². The monoisotopic (exact) mass is 346 g/mol. The summed E-state index contributed by atoms with van der Waals surface area (Å²) in [6, 6.07) is 0. The molecule has 0 aromatic carbocycles. The van der Waals surface area contributed by atoms with Crippen molar-refractivity contribution in [1.29, 1.82) is 0 Å². The SMILES string of the molecule is CC(=O)O[C@H]1CC[C@H]2[C@H]3CC[C@]45O[C@H]4C(=O)C=C[C@]5(O)[C@H]3CC[C@]12C. The summed E-state index contributed by atoms with van der Waals surface area (Å²) in [5, 5.41) is 11.6. The van der Waals surface area contributed by atoms with E-state index in [0.717, 1.165) is 38.5 Å². The highest BCUT2D eigenvalue weighted by Crippen LogP contribution is 2.67. The molecular weight excluding hydrogens is 320 g/mol. The molecule has 4 aliphatic carbocycles. The van der Waals surface area contributed by atoms with Gasteiger partial charge in [0.15, 0.2) is 11.9 Å². The predicted molar refractivity (Wildman–Crippen MR) is 88.5 cm³/mol. The smallest absolute Gasteiger partial charge is 0.302 e. The minimum Gasteiger partial charge on any atom is -0.462 e. The van der Waals surface area contributed by atoms with Crippen LogP contribution in [0.5, 0.6) is 0 Å². The van der Waals surface area contributed by atoms with Gasteiger partial charge in [-0.05, 0) is 68.4 Å². The Morgan fingerprint density at radius 2 is 2.04 bits per heavy atom. The second-order valence-electron chi connectivity index (χ2n) is 9.08. The molecule has 1 N–H and O–H groups in total. The number of ketones is 1. The number of ether oxygens (including phenoxy) is 2. The number of aliphatic hydroxyl groups is 1. The van der Waals surface area contributed by atoms with Gasteiger partial charge in [-0.1, -0.05) is 6.92 Å². The van der Waals surface area contributed by atoms with E-state index in [2.05, 4.69) is 6.92 Å². The summed E-state index contributed by atoms with van der Waals surface area (Å²) in [5.41, 5.74) is -1.68. The van der Waals surface area contributed by atoms with E-state index in [1.165, 1.54) is 13.0 Å². The van der Waals surface area contributed by atoms with Gasteiger partial charge in [-0.25, -0.2) is 0 Å². The van der Waals surface area contributed by atoms with Gasteiger partial charge in [0.2, 0.25) is 0 Å². The van der Waals surface area contributed by atoms with Crippen LogP contribution in [0.4, 0.5) is 0 Å². The minimum absolute atomic E-state index is 0.000406. The van der Waals surface area contributed by atoms with E-state index in [1.54, 1.807) is 6.08 Å². The molecular formula is C20H26O5. The van der Waals surface area contributed by atoms with Crippen LogP contribution in [0.25, 0.3) is 0 Å². The van der Waals surface area contributed by atoms with Gasteiger partial charge in [-0.3, -0.25) is 9.59 Å². The molecule has 25 heavy (non-hydrogen) atoms. The van der Waals surface area contributed by atoms with Crippen LogP contribution in [0, 0.1) is 23.2 Å². The van der Waals surface area contributed by atoms with Crippen LogP contribution < -0.4 is 0 Å². The Morgan fingerprint density at radius 3 is 2.80 bits per heavy atom. The van der Waals surface area contributed by atoms with Crippen LogP contribution >= 0.6 is 0 Å². The van der Waals surface area contributed by atoms with E-state index in [0.29, 0.717) is 11.8 Å². The molecule has 1 saturated heterocycles. The number of fused-ring (bicyclic) bond motifs is 4. The maximum atomic E-state index is 12.0. The second-order valence-corrected chi connectivity index (χ2v) is 9.08. The number of epoxide rings is 1. The number of esters is 1. The number of carbonyl (C=O) groups is 2. The Labute approximate surface area is 147 Å². The van der Waals surface area contributed by atoms with Crippen LogP contribution in [-0.4, -0.2) is 40.3 Å². The van der Waals surface area contributed by atoms with Crippen molar-refractivity contribution in [2.24, 2.45) is 23.2 Å². The summed E-state index contributed by atoms with van der Waals surface area (Å²) >= 11 is 0. The van der Waals surface area contributed by atoms with Crippen molar-refractivity contribution < 1.29 is 24.2 Å². The van der Waals surface area contributed by atoms with E-state index in [9.17, 15) is 14.7 Å². The van der Waals surface area contributed by atoms with Gasteiger partial charge >= 0.3 is 5.97 Å². The Kier molecular flexibility index (Phi) is 3.04. The van der Waals surface area contributed by atoms with Crippen molar-refractivity contribution in [3.05, 3.63) is 12.2 Å². The fraction of sp³-hybridized carbons (Fsp3) is 0.800. The summed E-state index contributed by atoms with van der Waals surface area (Å²) in [7, 11) is 0. The molecule has 1 spiro atoms. The maximum Gasteiger partial charge on any atom is 0.302 e. The van der Waals surface area contributed by atoms with Gasteiger partial charge < -0.3 is 14.6 Å². The Hall–Kier alpha value is -1.20. The average Bonchev–Trinajstić information content (AvgIpc) is 3.22. The molecule has 5 rings (SSSR count). The molecule has 136 valence electrons. The number of rotatable bonds is 1. The normalized spacial score (nSPS) is 55.6. The van der Waals surface area contributed by atoms with E-state index in [1.807, 2.05) is 0 Å². The van der Waals surface area contributed by atoms with E-state index in [4.69, 9.17) is 9.47 Å². The lowest BCUT2D eigenvalue weighted by molar-refractivity contribution is -0.167. The lowest BCUT2D eigenvalue weighted by Gasteiger charge is -2.56. The van der Waals surface area contributed by atoms with Crippen LogP contribution in [-0.2, 0) is 19.1 Å². The molecule has 3 saturated carbocycles. The quantitative estimate of drug-likeness (QED) is 0.582. The molecule has 0 radical (unpaired) electrons.